The maximum Gasteiger partial charge on any atom is 1.00 e. The maximum absolute atomic E-state index is 11.9. The predicted octanol–water partition coefficient (Wildman–Crippen LogP) is -0.502. The van der Waals surface area contributed by atoms with E-state index in [-0.39, 0.29) is 39.3 Å². The molecule has 0 N–H and O–H groups in total. The Morgan fingerprint density at radius 3 is 2.18 bits per heavy atom. The van der Waals surface area contributed by atoms with E-state index >= 15 is 0 Å². The topological polar surface area (TPSA) is 74.3 Å². The fraction of sp³-hybridized carbons (Fsp3) is 0.143. The summed E-state index contributed by atoms with van der Waals surface area (Å²) < 4.78 is 43.7. The largest absolute Gasteiger partial charge is 1.00 e. The Hall–Kier alpha value is 1.72. The van der Waals surface area contributed by atoms with E-state index in [0.29, 0.717) is 0 Å². The first-order valence-corrected chi connectivity index (χ1v) is 8.60. The van der Waals surface area contributed by atoms with Crippen LogP contribution in [-0.4, -0.2) is 18.7 Å². The third-order valence-corrected chi connectivity index (χ3v) is 7.57. The van der Waals surface area contributed by atoms with Gasteiger partial charge in [0.05, 0.1) is 4.90 Å². The normalized spacial score (nSPS) is 13.9. The summed E-state index contributed by atoms with van der Waals surface area (Å²) in [5, 5.41) is 0. The van der Waals surface area contributed by atoms with Crippen LogP contribution in [0.15, 0.2) is 34.1 Å². The standard InChI is InChI=1S/C7H5Br3O4S2.Na/c8-7(9,10)16(13,14)6-3-1-2-5(4-6)15(11)12;/h1-4H,(H,11,12);/q;+1/p-1. The number of hydrogen-bond acceptors (Lipinski definition) is 4. The van der Waals surface area contributed by atoms with Crippen molar-refractivity contribution in [3.05, 3.63) is 24.3 Å². The van der Waals surface area contributed by atoms with Gasteiger partial charge >= 0.3 is 29.6 Å². The van der Waals surface area contributed by atoms with E-state index in [4.69, 9.17) is 0 Å². The van der Waals surface area contributed by atoms with Gasteiger partial charge in [-0.05, 0) is 77.1 Å². The second kappa shape index (κ2) is 6.94. The molecule has 10 heteroatoms. The number of alkyl halides is 3. The first-order chi connectivity index (χ1) is 7.16. The predicted molar refractivity (Wildman–Crippen MR) is 70.3 cm³/mol. The van der Waals surface area contributed by atoms with Gasteiger partial charge in [0.15, 0.2) is 0 Å². The molecule has 0 radical (unpaired) electrons. The van der Waals surface area contributed by atoms with Crippen molar-refractivity contribution in [3.8, 4) is 0 Å². The van der Waals surface area contributed by atoms with Gasteiger partial charge in [-0.3, -0.25) is 4.21 Å². The molecule has 0 heterocycles. The van der Waals surface area contributed by atoms with Crippen molar-refractivity contribution < 1.29 is 46.7 Å². The minimum absolute atomic E-state index is 0. The Labute approximate surface area is 149 Å². The first kappa shape index (κ1) is 18.7. The van der Waals surface area contributed by atoms with Gasteiger partial charge in [0.1, 0.15) is 0 Å². The second-order valence-corrected chi connectivity index (χ2v) is 14.0. The summed E-state index contributed by atoms with van der Waals surface area (Å²) in [6.45, 7) is 0. The van der Waals surface area contributed by atoms with Gasteiger partial charge in [0.25, 0.3) is 0 Å². The van der Waals surface area contributed by atoms with Gasteiger partial charge in [0, 0.05) is 4.90 Å². The van der Waals surface area contributed by atoms with E-state index in [1.165, 1.54) is 18.2 Å². The molecule has 90 valence electrons. The smallest absolute Gasteiger partial charge is 0.768 e. The van der Waals surface area contributed by atoms with Crippen LogP contribution in [0, 0.1) is 0 Å². The number of sulfone groups is 1. The first-order valence-electron chi connectivity index (χ1n) is 3.67. The Bertz CT molecular complexity index is 526. The quantitative estimate of drug-likeness (QED) is 0.326. The molecule has 1 rings (SSSR count). The molecule has 0 aliphatic carbocycles. The van der Waals surface area contributed by atoms with Crippen molar-refractivity contribution in [3.63, 3.8) is 0 Å². The summed E-state index contributed by atoms with van der Waals surface area (Å²) in [5.74, 6) is 0. The summed E-state index contributed by atoms with van der Waals surface area (Å²) in [6, 6.07) is 5.05. The second-order valence-electron chi connectivity index (χ2n) is 2.66. The van der Waals surface area contributed by atoms with Crippen LogP contribution in [0.1, 0.15) is 0 Å². The minimum atomic E-state index is -3.76. The molecule has 0 saturated carbocycles. The van der Waals surface area contributed by atoms with Gasteiger partial charge in [-0.15, -0.1) is 0 Å². The van der Waals surface area contributed by atoms with Crippen LogP contribution < -0.4 is 29.6 Å². The van der Waals surface area contributed by atoms with Crippen molar-refractivity contribution in [1.82, 2.24) is 0 Å². The number of halogens is 3. The van der Waals surface area contributed by atoms with Crippen molar-refractivity contribution in [1.29, 1.82) is 0 Å². The van der Waals surface area contributed by atoms with Crippen LogP contribution >= 0.6 is 47.8 Å². The van der Waals surface area contributed by atoms with Crippen molar-refractivity contribution in [2.45, 2.75) is 11.3 Å². The summed E-state index contributed by atoms with van der Waals surface area (Å²) in [7, 11) is -3.76. The van der Waals surface area contributed by atoms with E-state index < -0.39 is 22.4 Å². The SMILES string of the molecule is O=S([O-])c1cccc(S(=O)(=O)C(Br)(Br)Br)c1.[Na+]. The van der Waals surface area contributed by atoms with E-state index in [1.54, 1.807) is 0 Å². The average molecular weight is 479 g/mol. The summed E-state index contributed by atoms with van der Waals surface area (Å²) in [4.78, 5) is -0.197. The third-order valence-electron chi connectivity index (χ3n) is 1.61. The van der Waals surface area contributed by atoms with Crippen LogP contribution in [-0.2, 0) is 20.9 Å². The molecule has 17 heavy (non-hydrogen) atoms. The monoisotopic (exact) mass is 476 g/mol. The van der Waals surface area contributed by atoms with Gasteiger partial charge in [0.2, 0.25) is 11.3 Å². The maximum atomic E-state index is 11.9. The van der Waals surface area contributed by atoms with Crippen LogP contribution in [0.2, 0.25) is 0 Å². The van der Waals surface area contributed by atoms with Crippen molar-refractivity contribution in [2.75, 3.05) is 0 Å². The molecule has 0 aliphatic heterocycles. The molecular formula is C7H4Br3NaO4S2. The van der Waals surface area contributed by atoms with Gasteiger partial charge in [-0.25, -0.2) is 8.42 Å². The molecular weight excluding hydrogens is 475 g/mol. The Morgan fingerprint density at radius 2 is 1.76 bits per heavy atom. The fourth-order valence-electron chi connectivity index (χ4n) is 0.879. The number of rotatable bonds is 2. The summed E-state index contributed by atoms with van der Waals surface area (Å²) >= 11 is 6.21. The molecule has 1 aromatic carbocycles. The van der Waals surface area contributed by atoms with Crippen molar-refractivity contribution in [2.24, 2.45) is 0 Å². The molecule has 1 atom stereocenters. The number of benzene rings is 1. The molecule has 0 saturated heterocycles. The minimum Gasteiger partial charge on any atom is -0.768 e. The molecule has 0 spiro atoms. The van der Waals surface area contributed by atoms with Crippen LogP contribution in [0.3, 0.4) is 0 Å². The van der Waals surface area contributed by atoms with Crippen molar-refractivity contribution >= 4 is 68.7 Å². The summed E-state index contributed by atoms with van der Waals surface area (Å²) in [5.41, 5.74) is 0. The zero-order valence-corrected chi connectivity index (χ0v) is 16.8. The molecule has 0 amide bonds. The van der Waals surface area contributed by atoms with Gasteiger partial charge in [-0.1, -0.05) is 6.07 Å². The zero-order valence-electron chi connectivity index (χ0n) is 8.39. The Kier molecular flexibility index (Phi) is 7.64. The average Bonchev–Trinajstić information content (AvgIpc) is 2.16. The summed E-state index contributed by atoms with van der Waals surface area (Å²) in [6.07, 6.45) is 0. The Morgan fingerprint density at radius 1 is 1.24 bits per heavy atom. The van der Waals surface area contributed by atoms with E-state index in [2.05, 4.69) is 47.8 Å². The van der Waals surface area contributed by atoms with Gasteiger partial charge < -0.3 is 4.55 Å². The van der Waals surface area contributed by atoms with Gasteiger partial charge in [-0.2, -0.15) is 0 Å². The van der Waals surface area contributed by atoms with Crippen LogP contribution in [0.25, 0.3) is 0 Å². The molecule has 0 aliphatic rings. The van der Waals surface area contributed by atoms with E-state index in [9.17, 15) is 17.2 Å². The molecule has 0 fully saturated rings. The molecule has 4 nitrogen and oxygen atoms in total. The van der Waals surface area contributed by atoms with E-state index in [1.807, 2.05) is 0 Å². The molecule has 0 bridgehead atoms. The third kappa shape index (κ3) is 4.64. The zero-order chi connectivity index (χ0) is 12.6. The van der Waals surface area contributed by atoms with Crippen LogP contribution in [0.4, 0.5) is 0 Å². The fourth-order valence-corrected chi connectivity index (χ4v) is 3.86. The molecule has 1 aromatic rings. The Balaban J connectivity index is 0.00000256. The van der Waals surface area contributed by atoms with Crippen LogP contribution in [0.5, 0.6) is 0 Å². The van der Waals surface area contributed by atoms with E-state index in [0.717, 1.165) is 6.07 Å². The number of hydrogen-bond donors (Lipinski definition) is 0. The molecule has 0 aromatic heterocycles. The molecule has 1 unspecified atom stereocenters.